The average molecular weight is 459 g/mol. The fraction of sp³-hybridized carbons (Fsp3) is 0.400. The SMILES string of the molecule is Cc1ccc(-c2cc(OCC3(C)COC3)c(-c3ccc(C)cc3)cc2OCC2(C)COC2)cc1. The largest absolute Gasteiger partial charge is 0.492 e. The van der Waals surface area contributed by atoms with Crippen LogP contribution in [0.2, 0.25) is 0 Å². The zero-order valence-corrected chi connectivity index (χ0v) is 20.6. The van der Waals surface area contributed by atoms with E-state index in [2.05, 4.69) is 88.4 Å². The van der Waals surface area contributed by atoms with Gasteiger partial charge in [0.05, 0.1) is 39.6 Å². The van der Waals surface area contributed by atoms with E-state index in [1.807, 2.05) is 0 Å². The molecule has 34 heavy (non-hydrogen) atoms. The van der Waals surface area contributed by atoms with Crippen molar-refractivity contribution in [1.29, 1.82) is 0 Å². The van der Waals surface area contributed by atoms with Crippen molar-refractivity contribution in [3.8, 4) is 33.8 Å². The molecule has 3 aromatic rings. The number of hydrogen-bond acceptors (Lipinski definition) is 4. The third kappa shape index (κ3) is 4.84. The Kier molecular flexibility index (Phi) is 6.13. The Balaban J connectivity index is 1.57. The number of aryl methyl sites for hydroxylation is 2. The highest BCUT2D eigenvalue weighted by Crippen LogP contribution is 2.43. The van der Waals surface area contributed by atoms with E-state index in [0.29, 0.717) is 13.2 Å². The monoisotopic (exact) mass is 458 g/mol. The van der Waals surface area contributed by atoms with Crippen molar-refractivity contribution in [2.24, 2.45) is 10.8 Å². The molecule has 0 radical (unpaired) electrons. The summed E-state index contributed by atoms with van der Waals surface area (Å²) < 4.78 is 23.9. The van der Waals surface area contributed by atoms with Gasteiger partial charge in [0.15, 0.2) is 0 Å². The van der Waals surface area contributed by atoms with Crippen molar-refractivity contribution < 1.29 is 18.9 Å². The van der Waals surface area contributed by atoms with E-state index in [4.69, 9.17) is 18.9 Å². The van der Waals surface area contributed by atoms with Gasteiger partial charge in [0.1, 0.15) is 11.5 Å². The molecule has 0 unspecified atom stereocenters. The van der Waals surface area contributed by atoms with Gasteiger partial charge in [-0.15, -0.1) is 0 Å². The van der Waals surface area contributed by atoms with Gasteiger partial charge in [0.25, 0.3) is 0 Å². The lowest BCUT2D eigenvalue weighted by Crippen LogP contribution is -2.44. The van der Waals surface area contributed by atoms with Gasteiger partial charge >= 0.3 is 0 Å². The minimum absolute atomic E-state index is 0.0581. The van der Waals surface area contributed by atoms with Crippen molar-refractivity contribution in [2.45, 2.75) is 27.7 Å². The maximum absolute atomic E-state index is 6.49. The van der Waals surface area contributed by atoms with E-state index < -0.39 is 0 Å². The Hall–Kier alpha value is -2.82. The highest BCUT2D eigenvalue weighted by molar-refractivity contribution is 5.81. The Bertz CT molecular complexity index is 1050. The molecule has 2 aliphatic heterocycles. The van der Waals surface area contributed by atoms with Crippen LogP contribution in [0.15, 0.2) is 60.7 Å². The van der Waals surface area contributed by atoms with Crippen LogP contribution in [0, 0.1) is 24.7 Å². The smallest absolute Gasteiger partial charge is 0.128 e. The van der Waals surface area contributed by atoms with E-state index in [9.17, 15) is 0 Å². The van der Waals surface area contributed by atoms with Crippen LogP contribution in [0.1, 0.15) is 25.0 Å². The lowest BCUT2D eigenvalue weighted by atomic mass is 9.89. The molecule has 2 aliphatic rings. The third-order valence-electron chi connectivity index (χ3n) is 6.76. The van der Waals surface area contributed by atoms with Crippen molar-refractivity contribution in [1.82, 2.24) is 0 Å². The van der Waals surface area contributed by atoms with Crippen molar-refractivity contribution in [2.75, 3.05) is 39.6 Å². The molecule has 2 fully saturated rings. The Morgan fingerprint density at radius 3 is 1.26 bits per heavy atom. The van der Waals surface area contributed by atoms with Gasteiger partial charge in [-0.3, -0.25) is 0 Å². The molecule has 0 N–H and O–H groups in total. The van der Waals surface area contributed by atoms with Crippen LogP contribution in [-0.2, 0) is 9.47 Å². The van der Waals surface area contributed by atoms with E-state index >= 15 is 0 Å². The minimum atomic E-state index is 0.0581. The minimum Gasteiger partial charge on any atom is -0.492 e. The first kappa shape index (κ1) is 22.9. The standard InChI is InChI=1S/C30H34O4/c1-21-5-9-23(10-6-21)25-13-28(34-20-30(4)17-32-18-30)26(24-11-7-22(2)8-12-24)14-27(25)33-19-29(3)15-31-16-29/h5-14H,15-20H2,1-4H3. The predicted molar refractivity (Wildman–Crippen MR) is 136 cm³/mol. The maximum atomic E-state index is 6.49. The molecule has 2 saturated heterocycles. The summed E-state index contributed by atoms with van der Waals surface area (Å²) in [5.41, 5.74) is 6.91. The second-order valence-corrected chi connectivity index (χ2v) is 10.8. The average Bonchev–Trinajstić information content (AvgIpc) is 2.80. The number of hydrogen-bond donors (Lipinski definition) is 0. The molecule has 5 rings (SSSR count). The van der Waals surface area contributed by atoms with Gasteiger partial charge in [-0.25, -0.2) is 0 Å². The van der Waals surface area contributed by atoms with Crippen molar-refractivity contribution in [3.05, 3.63) is 71.8 Å². The number of benzene rings is 3. The second kappa shape index (κ2) is 9.09. The molecular formula is C30H34O4. The summed E-state index contributed by atoms with van der Waals surface area (Å²) in [6, 6.07) is 21.5. The summed E-state index contributed by atoms with van der Waals surface area (Å²) in [5, 5.41) is 0. The zero-order chi connectivity index (χ0) is 23.8. The van der Waals surface area contributed by atoms with Crippen LogP contribution in [0.5, 0.6) is 11.5 Å². The second-order valence-electron chi connectivity index (χ2n) is 10.8. The summed E-state index contributed by atoms with van der Waals surface area (Å²) in [6.07, 6.45) is 0. The van der Waals surface area contributed by atoms with Gasteiger partial charge in [0.2, 0.25) is 0 Å². The molecule has 0 spiro atoms. The zero-order valence-electron chi connectivity index (χ0n) is 20.6. The first-order chi connectivity index (χ1) is 16.3. The molecule has 178 valence electrons. The number of ether oxygens (including phenoxy) is 4. The van der Waals surface area contributed by atoms with Crippen LogP contribution < -0.4 is 9.47 Å². The fourth-order valence-electron chi connectivity index (χ4n) is 4.29. The van der Waals surface area contributed by atoms with Gasteiger partial charge < -0.3 is 18.9 Å². The summed E-state index contributed by atoms with van der Waals surface area (Å²) in [4.78, 5) is 0. The Morgan fingerprint density at radius 1 is 0.618 bits per heavy atom. The van der Waals surface area contributed by atoms with Crippen LogP contribution in [0.4, 0.5) is 0 Å². The van der Waals surface area contributed by atoms with Gasteiger partial charge in [-0.1, -0.05) is 73.5 Å². The van der Waals surface area contributed by atoms with Crippen LogP contribution in [0.25, 0.3) is 22.3 Å². The third-order valence-corrected chi connectivity index (χ3v) is 6.76. The molecule has 3 aromatic carbocycles. The van der Waals surface area contributed by atoms with Crippen LogP contribution >= 0.6 is 0 Å². The maximum Gasteiger partial charge on any atom is 0.128 e. The molecular weight excluding hydrogens is 424 g/mol. The fourth-order valence-corrected chi connectivity index (χ4v) is 4.29. The molecule has 0 aromatic heterocycles. The first-order valence-electron chi connectivity index (χ1n) is 12.1. The highest BCUT2D eigenvalue weighted by Gasteiger charge is 2.36. The normalized spacial score (nSPS) is 18.0. The molecule has 0 amide bonds. The van der Waals surface area contributed by atoms with Crippen molar-refractivity contribution >= 4 is 0 Å². The molecule has 0 bridgehead atoms. The lowest BCUT2D eigenvalue weighted by Gasteiger charge is -2.38. The molecule has 0 aliphatic carbocycles. The van der Waals surface area contributed by atoms with Crippen LogP contribution in [0.3, 0.4) is 0 Å². The summed E-state index contributed by atoms with van der Waals surface area (Å²) in [7, 11) is 0. The summed E-state index contributed by atoms with van der Waals surface area (Å²) in [6.45, 7) is 12.8. The predicted octanol–water partition coefficient (Wildman–Crippen LogP) is 6.47. The van der Waals surface area contributed by atoms with Gasteiger partial charge in [0, 0.05) is 22.0 Å². The molecule has 4 heteroatoms. The summed E-state index contributed by atoms with van der Waals surface area (Å²) >= 11 is 0. The van der Waals surface area contributed by atoms with E-state index in [1.165, 1.54) is 11.1 Å². The van der Waals surface area contributed by atoms with E-state index in [-0.39, 0.29) is 10.8 Å². The topological polar surface area (TPSA) is 36.9 Å². The molecule has 0 saturated carbocycles. The first-order valence-corrected chi connectivity index (χ1v) is 12.1. The molecule has 2 heterocycles. The number of rotatable bonds is 8. The molecule has 0 atom stereocenters. The van der Waals surface area contributed by atoms with Crippen molar-refractivity contribution in [3.63, 3.8) is 0 Å². The van der Waals surface area contributed by atoms with Gasteiger partial charge in [-0.05, 0) is 37.1 Å². The summed E-state index contributed by atoms with van der Waals surface area (Å²) in [5.74, 6) is 1.75. The highest BCUT2D eigenvalue weighted by atomic mass is 16.5. The van der Waals surface area contributed by atoms with E-state index in [0.717, 1.165) is 60.2 Å². The van der Waals surface area contributed by atoms with Gasteiger partial charge in [-0.2, -0.15) is 0 Å². The molecule has 4 nitrogen and oxygen atoms in total. The quantitative estimate of drug-likeness (QED) is 0.388. The van der Waals surface area contributed by atoms with Crippen LogP contribution in [-0.4, -0.2) is 39.6 Å². The van der Waals surface area contributed by atoms with E-state index in [1.54, 1.807) is 0 Å². The lowest BCUT2D eigenvalue weighted by molar-refractivity contribution is -0.120. The Labute approximate surface area is 202 Å². The Morgan fingerprint density at radius 2 is 0.971 bits per heavy atom.